The Hall–Kier alpha value is -2.11. The van der Waals surface area contributed by atoms with Crippen molar-refractivity contribution in [3.05, 3.63) is 42.6 Å². The molecule has 1 aromatic carbocycles. The molecule has 0 bridgehead atoms. The van der Waals surface area contributed by atoms with Gasteiger partial charge in [0.05, 0.1) is 7.11 Å². The molecular formula is C19H25N3O2. The number of piperazine rings is 1. The summed E-state index contributed by atoms with van der Waals surface area (Å²) in [7, 11) is 3.80. The van der Waals surface area contributed by atoms with Crippen molar-refractivity contribution in [1.29, 1.82) is 0 Å². The van der Waals surface area contributed by atoms with E-state index in [-0.39, 0.29) is 0 Å². The summed E-state index contributed by atoms with van der Waals surface area (Å²) in [4.78, 5) is 8.96. The van der Waals surface area contributed by atoms with Crippen molar-refractivity contribution >= 4 is 0 Å². The van der Waals surface area contributed by atoms with E-state index in [0.29, 0.717) is 5.88 Å². The standard InChI is InChI=1S/C19H25N3O2/c1-21-9-11-22(12-10-21)13-14-24-18-5-3-16(4-6-18)17-7-8-20-19(15-17)23-2/h3-8,15H,9-14H2,1-2H3. The largest absolute Gasteiger partial charge is 0.492 e. The molecule has 1 aliphatic heterocycles. The lowest BCUT2D eigenvalue weighted by molar-refractivity contribution is 0.134. The summed E-state index contributed by atoms with van der Waals surface area (Å²) in [6.45, 7) is 6.25. The predicted molar refractivity (Wildman–Crippen MR) is 95.7 cm³/mol. The number of ether oxygens (including phenoxy) is 2. The fourth-order valence-electron chi connectivity index (χ4n) is 2.81. The number of likely N-dealkylation sites (N-methyl/N-ethyl adjacent to an activating group) is 1. The van der Waals surface area contributed by atoms with Crippen LogP contribution in [0.25, 0.3) is 11.1 Å². The zero-order chi connectivity index (χ0) is 16.8. The van der Waals surface area contributed by atoms with E-state index in [1.165, 1.54) is 0 Å². The summed E-state index contributed by atoms with van der Waals surface area (Å²) in [6, 6.07) is 12.1. The second-order valence-electron chi connectivity index (χ2n) is 6.10. The summed E-state index contributed by atoms with van der Waals surface area (Å²) < 4.78 is 11.1. The van der Waals surface area contributed by atoms with Crippen LogP contribution >= 0.6 is 0 Å². The molecule has 0 unspecified atom stereocenters. The van der Waals surface area contributed by atoms with E-state index in [0.717, 1.165) is 56.2 Å². The van der Waals surface area contributed by atoms with Crippen LogP contribution in [0.5, 0.6) is 11.6 Å². The van der Waals surface area contributed by atoms with Gasteiger partial charge in [-0.25, -0.2) is 4.98 Å². The number of nitrogens with zero attached hydrogens (tertiary/aromatic N) is 3. The molecular weight excluding hydrogens is 302 g/mol. The third kappa shape index (κ3) is 4.46. The smallest absolute Gasteiger partial charge is 0.213 e. The van der Waals surface area contributed by atoms with Gasteiger partial charge in [0.1, 0.15) is 12.4 Å². The van der Waals surface area contributed by atoms with Gasteiger partial charge in [-0.15, -0.1) is 0 Å². The Morgan fingerprint density at radius 2 is 1.75 bits per heavy atom. The van der Waals surface area contributed by atoms with E-state index in [1.54, 1.807) is 13.3 Å². The predicted octanol–water partition coefficient (Wildman–Crippen LogP) is 2.38. The molecule has 2 aromatic rings. The first-order valence-electron chi connectivity index (χ1n) is 8.39. The van der Waals surface area contributed by atoms with Crippen molar-refractivity contribution in [3.8, 4) is 22.8 Å². The number of benzene rings is 1. The van der Waals surface area contributed by atoms with Crippen molar-refractivity contribution < 1.29 is 9.47 Å². The maximum atomic E-state index is 5.88. The fraction of sp³-hybridized carbons (Fsp3) is 0.421. The monoisotopic (exact) mass is 327 g/mol. The SMILES string of the molecule is COc1cc(-c2ccc(OCCN3CCN(C)CC3)cc2)ccn1. The van der Waals surface area contributed by atoms with Gasteiger partial charge in [-0.3, -0.25) is 4.90 Å². The van der Waals surface area contributed by atoms with Gasteiger partial charge in [0.25, 0.3) is 0 Å². The average Bonchev–Trinajstić information content (AvgIpc) is 2.64. The fourth-order valence-corrected chi connectivity index (χ4v) is 2.81. The number of hydrogen-bond acceptors (Lipinski definition) is 5. The van der Waals surface area contributed by atoms with Crippen molar-refractivity contribution in [2.24, 2.45) is 0 Å². The third-order valence-corrected chi connectivity index (χ3v) is 4.40. The minimum atomic E-state index is 0.625. The highest BCUT2D eigenvalue weighted by Gasteiger charge is 2.13. The van der Waals surface area contributed by atoms with E-state index in [4.69, 9.17) is 9.47 Å². The van der Waals surface area contributed by atoms with Crippen LogP contribution in [0.3, 0.4) is 0 Å². The van der Waals surface area contributed by atoms with Crippen LogP contribution in [-0.2, 0) is 0 Å². The molecule has 5 nitrogen and oxygen atoms in total. The molecule has 0 N–H and O–H groups in total. The Balaban J connectivity index is 1.51. The van der Waals surface area contributed by atoms with E-state index in [2.05, 4.69) is 34.0 Å². The molecule has 1 aromatic heterocycles. The van der Waals surface area contributed by atoms with E-state index in [9.17, 15) is 0 Å². The summed E-state index contributed by atoms with van der Waals surface area (Å²) in [5.41, 5.74) is 2.22. The highest BCUT2D eigenvalue weighted by atomic mass is 16.5. The molecule has 0 spiro atoms. The van der Waals surface area contributed by atoms with Crippen molar-refractivity contribution in [2.45, 2.75) is 0 Å². The number of methoxy groups -OCH3 is 1. The molecule has 5 heteroatoms. The molecule has 1 saturated heterocycles. The lowest BCUT2D eigenvalue weighted by Gasteiger charge is -2.32. The average molecular weight is 327 g/mol. The van der Waals surface area contributed by atoms with Gasteiger partial charge in [-0.1, -0.05) is 12.1 Å². The maximum absolute atomic E-state index is 5.88. The molecule has 0 radical (unpaired) electrons. The third-order valence-electron chi connectivity index (χ3n) is 4.40. The zero-order valence-corrected chi connectivity index (χ0v) is 14.4. The Morgan fingerprint density at radius 3 is 2.46 bits per heavy atom. The van der Waals surface area contributed by atoms with Crippen molar-refractivity contribution in [2.75, 3.05) is 53.5 Å². The molecule has 24 heavy (non-hydrogen) atoms. The van der Waals surface area contributed by atoms with Crippen LogP contribution in [-0.4, -0.2) is 68.3 Å². The minimum Gasteiger partial charge on any atom is -0.492 e. The molecule has 1 fully saturated rings. The van der Waals surface area contributed by atoms with Crippen LogP contribution in [0.15, 0.2) is 42.6 Å². The maximum Gasteiger partial charge on any atom is 0.213 e. The van der Waals surface area contributed by atoms with Crippen LogP contribution in [0.1, 0.15) is 0 Å². The van der Waals surface area contributed by atoms with Gasteiger partial charge >= 0.3 is 0 Å². The molecule has 0 amide bonds. The Morgan fingerprint density at radius 1 is 1.00 bits per heavy atom. The van der Waals surface area contributed by atoms with E-state index >= 15 is 0 Å². The molecule has 2 heterocycles. The van der Waals surface area contributed by atoms with Crippen LogP contribution in [0.2, 0.25) is 0 Å². The van der Waals surface area contributed by atoms with Gasteiger partial charge < -0.3 is 14.4 Å². The Kier molecular flexibility index (Phi) is 5.67. The van der Waals surface area contributed by atoms with Crippen LogP contribution in [0, 0.1) is 0 Å². The number of pyridine rings is 1. The van der Waals surface area contributed by atoms with Gasteiger partial charge in [-0.2, -0.15) is 0 Å². The normalized spacial score (nSPS) is 16.1. The number of rotatable bonds is 6. The second kappa shape index (κ2) is 8.13. The van der Waals surface area contributed by atoms with Crippen LogP contribution < -0.4 is 9.47 Å². The van der Waals surface area contributed by atoms with Gasteiger partial charge in [0.15, 0.2) is 0 Å². The molecule has 3 rings (SSSR count). The van der Waals surface area contributed by atoms with Crippen LogP contribution in [0.4, 0.5) is 0 Å². The summed E-state index contributed by atoms with van der Waals surface area (Å²) >= 11 is 0. The summed E-state index contributed by atoms with van der Waals surface area (Å²) in [5, 5.41) is 0. The minimum absolute atomic E-state index is 0.625. The molecule has 0 aliphatic carbocycles. The Labute approximate surface area is 143 Å². The Bertz CT molecular complexity index is 637. The van der Waals surface area contributed by atoms with Gasteiger partial charge in [0.2, 0.25) is 5.88 Å². The second-order valence-corrected chi connectivity index (χ2v) is 6.10. The highest BCUT2D eigenvalue weighted by Crippen LogP contribution is 2.24. The first-order chi connectivity index (χ1) is 11.7. The number of hydrogen-bond donors (Lipinski definition) is 0. The summed E-state index contributed by atoms with van der Waals surface area (Å²) in [6.07, 6.45) is 1.76. The molecule has 128 valence electrons. The lowest BCUT2D eigenvalue weighted by Crippen LogP contribution is -2.45. The van der Waals surface area contributed by atoms with E-state index in [1.807, 2.05) is 24.3 Å². The molecule has 0 atom stereocenters. The van der Waals surface area contributed by atoms with E-state index < -0.39 is 0 Å². The molecule has 0 saturated carbocycles. The quantitative estimate of drug-likeness (QED) is 0.814. The lowest BCUT2D eigenvalue weighted by atomic mass is 10.1. The topological polar surface area (TPSA) is 37.8 Å². The number of aromatic nitrogens is 1. The highest BCUT2D eigenvalue weighted by molar-refractivity contribution is 5.64. The first kappa shape index (κ1) is 16.7. The van der Waals surface area contributed by atoms with Gasteiger partial charge in [0, 0.05) is 45.0 Å². The first-order valence-corrected chi connectivity index (χ1v) is 8.39. The summed E-state index contributed by atoms with van der Waals surface area (Å²) in [5.74, 6) is 1.54. The van der Waals surface area contributed by atoms with Crippen molar-refractivity contribution in [3.63, 3.8) is 0 Å². The zero-order valence-electron chi connectivity index (χ0n) is 14.4. The van der Waals surface area contributed by atoms with Gasteiger partial charge in [-0.05, 0) is 36.4 Å². The molecule has 1 aliphatic rings. The van der Waals surface area contributed by atoms with Crippen molar-refractivity contribution in [1.82, 2.24) is 14.8 Å².